The standard InChI is InChI=1S/C16H16BrNO6S/c1-8(2)24-14(20)7-18-15(21)13(25-16(18)22)5-9-4-12(23-3)11(19)6-10(9)17/h4-6,8,19H,7H2,1-3H3/b13-5+. The van der Waals surface area contributed by atoms with E-state index in [4.69, 9.17) is 9.47 Å². The maximum Gasteiger partial charge on any atom is 0.326 e. The molecule has 134 valence electrons. The van der Waals surface area contributed by atoms with E-state index in [1.807, 2.05) is 0 Å². The van der Waals surface area contributed by atoms with Gasteiger partial charge in [-0.2, -0.15) is 0 Å². The van der Waals surface area contributed by atoms with E-state index in [9.17, 15) is 19.5 Å². The number of benzene rings is 1. The highest BCUT2D eigenvalue weighted by molar-refractivity contribution is 9.10. The van der Waals surface area contributed by atoms with Crippen molar-refractivity contribution in [2.75, 3.05) is 13.7 Å². The highest BCUT2D eigenvalue weighted by Gasteiger charge is 2.37. The van der Waals surface area contributed by atoms with Crippen LogP contribution in [0.5, 0.6) is 11.5 Å². The van der Waals surface area contributed by atoms with E-state index in [1.165, 1.54) is 25.3 Å². The summed E-state index contributed by atoms with van der Waals surface area (Å²) in [4.78, 5) is 37.1. The quantitative estimate of drug-likeness (QED) is 0.567. The molecular formula is C16H16BrNO6S. The van der Waals surface area contributed by atoms with E-state index in [1.54, 1.807) is 13.8 Å². The number of halogens is 1. The topological polar surface area (TPSA) is 93.1 Å². The molecule has 0 aliphatic carbocycles. The van der Waals surface area contributed by atoms with Crippen LogP contribution in [0.4, 0.5) is 4.79 Å². The number of imide groups is 1. The van der Waals surface area contributed by atoms with Crippen LogP contribution in [0.1, 0.15) is 19.4 Å². The maximum atomic E-state index is 12.4. The molecule has 0 atom stereocenters. The highest BCUT2D eigenvalue weighted by atomic mass is 79.9. The van der Waals surface area contributed by atoms with E-state index >= 15 is 0 Å². The zero-order valence-electron chi connectivity index (χ0n) is 13.7. The minimum Gasteiger partial charge on any atom is -0.504 e. The number of hydrogen-bond acceptors (Lipinski definition) is 7. The molecule has 0 unspecified atom stereocenters. The normalized spacial score (nSPS) is 16.0. The molecule has 0 saturated carbocycles. The first-order valence-corrected chi connectivity index (χ1v) is 8.85. The number of aromatic hydroxyl groups is 1. The summed E-state index contributed by atoms with van der Waals surface area (Å²) in [6.07, 6.45) is 1.16. The third kappa shape index (κ3) is 4.55. The third-order valence-electron chi connectivity index (χ3n) is 3.11. The molecule has 1 aliphatic rings. The van der Waals surface area contributed by atoms with Gasteiger partial charge in [0.1, 0.15) is 6.54 Å². The van der Waals surface area contributed by atoms with Gasteiger partial charge in [-0.1, -0.05) is 15.9 Å². The minimum atomic E-state index is -0.647. The number of hydrogen-bond donors (Lipinski definition) is 1. The van der Waals surface area contributed by atoms with Crippen LogP contribution in [-0.2, 0) is 14.3 Å². The van der Waals surface area contributed by atoms with Gasteiger partial charge in [0.2, 0.25) is 0 Å². The fraction of sp³-hybridized carbons (Fsp3) is 0.312. The van der Waals surface area contributed by atoms with Gasteiger partial charge in [0.05, 0.1) is 18.1 Å². The van der Waals surface area contributed by atoms with Crippen molar-refractivity contribution in [3.63, 3.8) is 0 Å². The van der Waals surface area contributed by atoms with Gasteiger partial charge in [0.25, 0.3) is 11.1 Å². The Bertz CT molecular complexity index is 761. The molecule has 9 heteroatoms. The Morgan fingerprint density at radius 2 is 2.08 bits per heavy atom. The predicted octanol–water partition coefficient (Wildman–Crippen LogP) is 3.15. The number of carbonyl (C=O) groups is 3. The summed E-state index contributed by atoms with van der Waals surface area (Å²) in [5.41, 5.74) is 0.546. The fourth-order valence-electron chi connectivity index (χ4n) is 2.04. The number of ether oxygens (including phenoxy) is 2. The van der Waals surface area contributed by atoms with Crippen molar-refractivity contribution >= 4 is 50.9 Å². The number of methoxy groups -OCH3 is 1. The summed E-state index contributed by atoms with van der Waals surface area (Å²) in [6, 6.07) is 2.95. The molecule has 0 radical (unpaired) electrons. The largest absolute Gasteiger partial charge is 0.504 e. The van der Waals surface area contributed by atoms with Crippen molar-refractivity contribution in [3.8, 4) is 11.5 Å². The van der Waals surface area contributed by atoms with Crippen LogP contribution in [0.25, 0.3) is 6.08 Å². The SMILES string of the molecule is COc1cc(/C=C2/SC(=O)N(CC(=O)OC(C)C)C2=O)c(Br)cc1O. The second-order valence-corrected chi connectivity index (χ2v) is 7.20. The van der Waals surface area contributed by atoms with Crippen molar-refractivity contribution in [2.45, 2.75) is 20.0 Å². The Morgan fingerprint density at radius 1 is 1.40 bits per heavy atom. The molecule has 2 rings (SSSR count). The van der Waals surface area contributed by atoms with E-state index in [0.717, 1.165) is 16.7 Å². The van der Waals surface area contributed by atoms with Gasteiger partial charge < -0.3 is 14.6 Å². The summed E-state index contributed by atoms with van der Waals surface area (Å²) in [6.45, 7) is 2.93. The summed E-state index contributed by atoms with van der Waals surface area (Å²) in [5.74, 6) is -1.05. The lowest BCUT2D eigenvalue weighted by Crippen LogP contribution is -2.35. The Kier molecular flexibility index (Phi) is 6.12. The number of rotatable bonds is 5. The molecule has 7 nitrogen and oxygen atoms in total. The van der Waals surface area contributed by atoms with Crippen LogP contribution in [0, 0.1) is 0 Å². The maximum absolute atomic E-state index is 12.4. The van der Waals surface area contributed by atoms with Crippen LogP contribution >= 0.6 is 27.7 Å². The van der Waals surface area contributed by atoms with Crippen LogP contribution in [0.3, 0.4) is 0 Å². The lowest BCUT2D eigenvalue weighted by molar-refractivity contribution is -0.149. The number of nitrogens with zero attached hydrogens (tertiary/aromatic N) is 1. The number of thioether (sulfide) groups is 1. The minimum absolute atomic E-state index is 0.0592. The van der Waals surface area contributed by atoms with Gasteiger partial charge in [0.15, 0.2) is 11.5 Å². The molecule has 1 aromatic rings. The summed E-state index contributed by atoms with van der Waals surface area (Å²) in [5, 5.41) is 9.18. The Labute approximate surface area is 157 Å². The van der Waals surface area contributed by atoms with Crippen molar-refractivity contribution in [1.29, 1.82) is 0 Å². The Hall–Kier alpha value is -2.00. The van der Waals surface area contributed by atoms with Gasteiger partial charge in [-0.15, -0.1) is 0 Å². The summed E-state index contributed by atoms with van der Waals surface area (Å²) in [7, 11) is 1.40. The monoisotopic (exact) mass is 429 g/mol. The second-order valence-electron chi connectivity index (χ2n) is 5.35. The second kappa shape index (κ2) is 7.92. The van der Waals surface area contributed by atoms with E-state index in [-0.39, 0.29) is 22.5 Å². The average molecular weight is 430 g/mol. The van der Waals surface area contributed by atoms with Crippen molar-refractivity contribution < 1.29 is 29.0 Å². The molecule has 0 spiro atoms. The molecule has 1 N–H and O–H groups in total. The number of esters is 1. The molecule has 1 saturated heterocycles. The lowest BCUT2D eigenvalue weighted by atomic mass is 10.2. The zero-order chi connectivity index (χ0) is 18.7. The van der Waals surface area contributed by atoms with Gasteiger partial charge in [-0.3, -0.25) is 19.3 Å². The highest BCUT2D eigenvalue weighted by Crippen LogP contribution is 2.37. The first kappa shape index (κ1) is 19.3. The Morgan fingerprint density at radius 3 is 2.68 bits per heavy atom. The Balaban J connectivity index is 2.24. The molecular weight excluding hydrogens is 414 g/mol. The number of carbonyl (C=O) groups excluding carboxylic acids is 3. The first-order valence-electron chi connectivity index (χ1n) is 7.24. The molecule has 2 amide bonds. The van der Waals surface area contributed by atoms with Gasteiger partial charge in [0, 0.05) is 4.47 Å². The molecule has 25 heavy (non-hydrogen) atoms. The van der Waals surface area contributed by atoms with E-state index < -0.39 is 23.7 Å². The fourth-order valence-corrected chi connectivity index (χ4v) is 3.31. The van der Waals surface area contributed by atoms with Gasteiger partial charge in [-0.25, -0.2) is 0 Å². The van der Waals surface area contributed by atoms with Crippen LogP contribution in [0.15, 0.2) is 21.5 Å². The zero-order valence-corrected chi connectivity index (χ0v) is 16.1. The van der Waals surface area contributed by atoms with E-state index in [2.05, 4.69) is 15.9 Å². The predicted molar refractivity (Wildman–Crippen MR) is 96.3 cm³/mol. The summed E-state index contributed by atoms with van der Waals surface area (Å²) >= 11 is 4.01. The number of phenols is 1. The molecule has 1 aliphatic heterocycles. The number of phenolic OH excluding ortho intramolecular Hbond substituents is 1. The van der Waals surface area contributed by atoms with Gasteiger partial charge >= 0.3 is 5.97 Å². The van der Waals surface area contributed by atoms with Crippen LogP contribution in [-0.4, -0.2) is 46.9 Å². The van der Waals surface area contributed by atoms with Gasteiger partial charge in [-0.05, 0) is 49.4 Å². The van der Waals surface area contributed by atoms with E-state index in [0.29, 0.717) is 10.0 Å². The first-order chi connectivity index (χ1) is 11.7. The molecule has 0 aromatic heterocycles. The van der Waals surface area contributed by atoms with Crippen molar-refractivity contribution in [3.05, 3.63) is 27.1 Å². The molecule has 1 heterocycles. The summed E-state index contributed by atoms with van der Waals surface area (Å²) < 4.78 is 10.5. The van der Waals surface area contributed by atoms with Crippen LogP contribution < -0.4 is 4.74 Å². The number of amides is 2. The lowest BCUT2D eigenvalue weighted by Gasteiger charge is -2.13. The van der Waals surface area contributed by atoms with Crippen molar-refractivity contribution in [2.24, 2.45) is 0 Å². The average Bonchev–Trinajstić information content (AvgIpc) is 2.76. The van der Waals surface area contributed by atoms with Crippen LogP contribution in [0.2, 0.25) is 0 Å². The molecule has 1 fully saturated rings. The smallest absolute Gasteiger partial charge is 0.326 e. The molecule has 0 bridgehead atoms. The third-order valence-corrected chi connectivity index (χ3v) is 4.71. The molecule has 1 aromatic carbocycles. The van der Waals surface area contributed by atoms with Crippen molar-refractivity contribution in [1.82, 2.24) is 4.90 Å².